The summed E-state index contributed by atoms with van der Waals surface area (Å²) in [6.07, 6.45) is 4.18. The molecule has 0 saturated carbocycles. The Labute approximate surface area is 114 Å². The summed E-state index contributed by atoms with van der Waals surface area (Å²) < 4.78 is 0. The maximum absolute atomic E-state index is 7.36. The molecule has 2 rings (SSSR count). The number of pyridine rings is 1. The molecule has 5 heteroatoms. The van der Waals surface area contributed by atoms with Crippen molar-refractivity contribution in [2.75, 3.05) is 38.6 Å². The summed E-state index contributed by atoms with van der Waals surface area (Å²) in [6, 6.07) is 3.79. The van der Waals surface area contributed by atoms with Crippen LogP contribution in [-0.4, -0.2) is 49.4 Å². The second-order valence-electron chi connectivity index (χ2n) is 5.45. The molecular weight excluding hydrogens is 238 g/mol. The Morgan fingerprint density at radius 1 is 1.47 bits per heavy atom. The zero-order chi connectivity index (χ0) is 13.8. The molecule has 0 spiro atoms. The number of amidine groups is 1. The molecular formula is C14H23N5. The fourth-order valence-electron chi connectivity index (χ4n) is 2.50. The minimum Gasteiger partial charge on any atom is -0.384 e. The van der Waals surface area contributed by atoms with Crippen molar-refractivity contribution >= 4 is 11.7 Å². The van der Waals surface area contributed by atoms with Crippen LogP contribution in [0.2, 0.25) is 0 Å². The van der Waals surface area contributed by atoms with E-state index in [1.165, 1.54) is 25.9 Å². The van der Waals surface area contributed by atoms with Crippen molar-refractivity contribution in [3.8, 4) is 0 Å². The first-order chi connectivity index (χ1) is 9.06. The highest BCUT2D eigenvalue weighted by atomic mass is 15.2. The van der Waals surface area contributed by atoms with E-state index in [1.807, 2.05) is 12.1 Å². The smallest absolute Gasteiger partial charge is 0.128 e. The van der Waals surface area contributed by atoms with E-state index in [0.717, 1.165) is 18.3 Å². The maximum atomic E-state index is 7.36. The Balaban J connectivity index is 1.92. The van der Waals surface area contributed by atoms with Crippen LogP contribution in [0.5, 0.6) is 0 Å². The third-order valence-corrected chi connectivity index (χ3v) is 3.82. The van der Waals surface area contributed by atoms with Gasteiger partial charge in [0.1, 0.15) is 11.7 Å². The molecule has 3 N–H and O–H groups in total. The van der Waals surface area contributed by atoms with Crippen LogP contribution in [-0.2, 0) is 0 Å². The number of piperidine rings is 1. The molecule has 1 aromatic heterocycles. The van der Waals surface area contributed by atoms with Crippen LogP contribution >= 0.6 is 0 Å². The average Bonchev–Trinajstić information content (AvgIpc) is 2.41. The van der Waals surface area contributed by atoms with E-state index < -0.39 is 0 Å². The number of nitrogen functional groups attached to an aromatic ring is 1. The van der Waals surface area contributed by atoms with Gasteiger partial charge < -0.3 is 15.5 Å². The van der Waals surface area contributed by atoms with Gasteiger partial charge >= 0.3 is 0 Å². The topological polar surface area (TPSA) is 69.2 Å². The van der Waals surface area contributed by atoms with Gasteiger partial charge in [-0.15, -0.1) is 0 Å². The summed E-state index contributed by atoms with van der Waals surface area (Å²) in [4.78, 5) is 8.95. The Morgan fingerprint density at radius 2 is 2.16 bits per heavy atom. The molecule has 0 atom stereocenters. The molecule has 1 aromatic rings. The fourth-order valence-corrected chi connectivity index (χ4v) is 2.50. The summed E-state index contributed by atoms with van der Waals surface area (Å²) >= 11 is 0. The van der Waals surface area contributed by atoms with Gasteiger partial charge in [0.25, 0.3) is 0 Å². The molecule has 19 heavy (non-hydrogen) atoms. The Kier molecular flexibility index (Phi) is 4.37. The normalized spacial score (nSPS) is 17.4. The fraction of sp³-hybridized carbons (Fsp3) is 0.571. The van der Waals surface area contributed by atoms with Crippen molar-refractivity contribution in [2.45, 2.75) is 12.8 Å². The van der Waals surface area contributed by atoms with Crippen molar-refractivity contribution in [3.05, 3.63) is 23.9 Å². The van der Waals surface area contributed by atoms with Crippen molar-refractivity contribution < 1.29 is 0 Å². The minimum atomic E-state index is 0.0667. The molecule has 0 radical (unpaired) electrons. The molecule has 0 amide bonds. The van der Waals surface area contributed by atoms with Crippen LogP contribution < -0.4 is 10.6 Å². The lowest BCUT2D eigenvalue weighted by atomic mass is 9.97. The van der Waals surface area contributed by atoms with Crippen LogP contribution in [0, 0.1) is 11.3 Å². The number of anilines is 1. The Morgan fingerprint density at radius 3 is 2.68 bits per heavy atom. The largest absolute Gasteiger partial charge is 0.384 e. The number of rotatable bonds is 4. The summed E-state index contributed by atoms with van der Waals surface area (Å²) in [5.41, 5.74) is 6.10. The SMILES string of the molecule is CN1CCC(CN(C)c2ccc(C(=N)N)cn2)CC1. The highest BCUT2D eigenvalue weighted by molar-refractivity contribution is 5.94. The standard InChI is InChI=1S/C14H23N5/c1-18-7-5-11(6-8-18)10-19(2)13-4-3-12(9-17-13)14(15)16/h3-4,9,11H,5-8,10H2,1-2H3,(H3,15,16). The van der Waals surface area contributed by atoms with Crippen LogP contribution in [0.15, 0.2) is 18.3 Å². The molecule has 0 aliphatic carbocycles. The Hall–Kier alpha value is -1.62. The number of aromatic nitrogens is 1. The summed E-state index contributed by atoms with van der Waals surface area (Å²) in [5, 5.41) is 7.36. The van der Waals surface area contributed by atoms with Crippen LogP contribution in [0.3, 0.4) is 0 Å². The minimum absolute atomic E-state index is 0.0667. The molecule has 0 bridgehead atoms. The first-order valence-electron chi connectivity index (χ1n) is 6.76. The predicted octanol–water partition coefficient (Wildman–Crippen LogP) is 1.14. The van der Waals surface area contributed by atoms with Gasteiger partial charge in [0, 0.05) is 25.4 Å². The number of nitrogens with zero attached hydrogens (tertiary/aromatic N) is 3. The highest BCUT2D eigenvalue weighted by Crippen LogP contribution is 2.19. The van der Waals surface area contributed by atoms with Gasteiger partial charge in [0.05, 0.1) is 0 Å². The van der Waals surface area contributed by atoms with Gasteiger partial charge in [-0.3, -0.25) is 5.41 Å². The van der Waals surface area contributed by atoms with Gasteiger partial charge in [-0.2, -0.15) is 0 Å². The molecule has 104 valence electrons. The lowest BCUT2D eigenvalue weighted by Gasteiger charge is -2.32. The van der Waals surface area contributed by atoms with E-state index >= 15 is 0 Å². The van der Waals surface area contributed by atoms with E-state index in [1.54, 1.807) is 6.20 Å². The molecule has 5 nitrogen and oxygen atoms in total. The van der Waals surface area contributed by atoms with Gasteiger partial charge in [0.2, 0.25) is 0 Å². The van der Waals surface area contributed by atoms with Crippen molar-refractivity contribution in [2.24, 2.45) is 11.7 Å². The van der Waals surface area contributed by atoms with E-state index in [4.69, 9.17) is 11.1 Å². The highest BCUT2D eigenvalue weighted by Gasteiger charge is 2.18. The van der Waals surface area contributed by atoms with Crippen molar-refractivity contribution in [1.82, 2.24) is 9.88 Å². The first-order valence-corrected chi connectivity index (χ1v) is 6.76. The molecule has 1 fully saturated rings. The molecule has 0 unspecified atom stereocenters. The summed E-state index contributed by atoms with van der Waals surface area (Å²) in [7, 11) is 4.26. The van der Waals surface area contributed by atoms with Crippen LogP contribution in [0.1, 0.15) is 18.4 Å². The molecule has 1 aliphatic heterocycles. The zero-order valence-electron chi connectivity index (χ0n) is 11.8. The predicted molar refractivity (Wildman–Crippen MR) is 78.7 cm³/mol. The van der Waals surface area contributed by atoms with E-state index in [2.05, 4.69) is 28.9 Å². The van der Waals surface area contributed by atoms with Crippen LogP contribution in [0.4, 0.5) is 5.82 Å². The molecule has 1 saturated heterocycles. The third-order valence-electron chi connectivity index (χ3n) is 3.82. The second-order valence-corrected chi connectivity index (χ2v) is 5.45. The second kappa shape index (κ2) is 6.02. The number of likely N-dealkylation sites (tertiary alicyclic amines) is 1. The lowest BCUT2D eigenvalue weighted by Crippen LogP contribution is -2.36. The lowest BCUT2D eigenvalue weighted by molar-refractivity contribution is 0.222. The first kappa shape index (κ1) is 13.8. The average molecular weight is 261 g/mol. The third kappa shape index (κ3) is 3.67. The number of nitrogens with one attached hydrogen (secondary N) is 1. The van der Waals surface area contributed by atoms with Crippen LogP contribution in [0.25, 0.3) is 0 Å². The van der Waals surface area contributed by atoms with Gasteiger partial charge in [-0.05, 0) is 51.0 Å². The maximum Gasteiger partial charge on any atom is 0.128 e. The Bertz CT molecular complexity index is 420. The van der Waals surface area contributed by atoms with Gasteiger partial charge in [-0.25, -0.2) is 4.98 Å². The quantitative estimate of drug-likeness (QED) is 0.630. The van der Waals surface area contributed by atoms with Crippen molar-refractivity contribution in [1.29, 1.82) is 5.41 Å². The molecule has 0 aromatic carbocycles. The van der Waals surface area contributed by atoms with Gasteiger partial charge in [-0.1, -0.05) is 0 Å². The zero-order valence-corrected chi connectivity index (χ0v) is 11.8. The number of nitrogens with two attached hydrogens (primary N) is 1. The summed E-state index contributed by atoms with van der Waals surface area (Å²) in [5.74, 6) is 1.76. The van der Waals surface area contributed by atoms with Gasteiger partial charge in [0.15, 0.2) is 0 Å². The molecule has 2 heterocycles. The number of hydrogen-bond donors (Lipinski definition) is 2. The van der Waals surface area contributed by atoms with E-state index in [9.17, 15) is 0 Å². The number of hydrogen-bond acceptors (Lipinski definition) is 4. The van der Waals surface area contributed by atoms with E-state index in [-0.39, 0.29) is 5.84 Å². The summed E-state index contributed by atoms with van der Waals surface area (Å²) in [6.45, 7) is 3.42. The molecule has 1 aliphatic rings. The van der Waals surface area contributed by atoms with E-state index in [0.29, 0.717) is 5.56 Å². The monoisotopic (exact) mass is 261 g/mol. The van der Waals surface area contributed by atoms with Crippen molar-refractivity contribution in [3.63, 3.8) is 0 Å².